The second-order valence-electron chi connectivity index (χ2n) is 3.54. The van der Waals surface area contributed by atoms with Gasteiger partial charge in [-0.05, 0) is 25.1 Å². The van der Waals surface area contributed by atoms with Crippen molar-refractivity contribution in [3.63, 3.8) is 0 Å². The number of nitrogens with two attached hydrogens (primary N) is 1. The van der Waals surface area contributed by atoms with Crippen molar-refractivity contribution in [2.75, 3.05) is 6.54 Å². The van der Waals surface area contributed by atoms with Crippen LogP contribution in [0.3, 0.4) is 0 Å². The van der Waals surface area contributed by atoms with E-state index in [0.717, 1.165) is 12.8 Å². The Balaban J connectivity index is 2.22. The Bertz CT molecular complexity index is 466. The van der Waals surface area contributed by atoms with Crippen molar-refractivity contribution >= 4 is 0 Å². The molecule has 0 saturated carbocycles. The Labute approximate surface area is 93.7 Å². The van der Waals surface area contributed by atoms with Crippen LogP contribution in [0.25, 0.3) is 11.3 Å². The van der Waals surface area contributed by atoms with Gasteiger partial charge in [0.15, 0.2) is 5.89 Å². The third-order valence-electron chi connectivity index (χ3n) is 2.33. The fourth-order valence-corrected chi connectivity index (χ4v) is 1.49. The third-order valence-corrected chi connectivity index (χ3v) is 2.33. The number of aromatic hydroxyl groups is 1. The average Bonchev–Trinajstić information content (AvgIpc) is 2.75. The summed E-state index contributed by atoms with van der Waals surface area (Å²) < 4.78 is 5.30. The van der Waals surface area contributed by atoms with Crippen LogP contribution in [-0.4, -0.2) is 16.6 Å². The number of para-hydroxylation sites is 1. The number of oxazole rings is 1. The molecule has 3 N–H and O–H groups in total. The topological polar surface area (TPSA) is 72.3 Å². The first-order valence-corrected chi connectivity index (χ1v) is 5.24. The van der Waals surface area contributed by atoms with Crippen LogP contribution in [0.5, 0.6) is 5.75 Å². The van der Waals surface area contributed by atoms with E-state index in [4.69, 9.17) is 10.2 Å². The van der Waals surface area contributed by atoms with Crippen molar-refractivity contribution in [2.24, 2.45) is 5.73 Å². The molecule has 0 saturated heterocycles. The smallest absolute Gasteiger partial charge is 0.194 e. The molecular formula is C12H14N2O2. The van der Waals surface area contributed by atoms with E-state index < -0.39 is 0 Å². The molecule has 4 heteroatoms. The number of aromatic nitrogens is 1. The van der Waals surface area contributed by atoms with Gasteiger partial charge in [0.2, 0.25) is 0 Å². The summed E-state index contributed by atoms with van der Waals surface area (Å²) in [4.78, 5) is 4.30. The molecule has 0 amide bonds. The number of rotatable bonds is 4. The molecule has 2 aromatic rings. The van der Waals surface area contributed by atoms with Gasteiger partial charge in [-0.25, -0.2) is 4.98 Å². The molecule has 1 aromatic heterocycles. The van der Waals surface area contributed by atoms with Gasteiger partial charge in [0, 0.05) is 12.0 Å². The molecule has 0 unspecified atom stereocenters. The van der Waals surface area contributed by atoms with E-state index in [1.807, 2.05) is 6.07 Å². The molecule has 0 radical (unpaired) electrons. The van der Waals surface area contributed by atoms with E-state index in [9.17, 15) is 5.11 Å². The molecule has 0 aliphatic carbocycles. The Morgan fingerprint density at radius 1 is 1.31 bits per heavy atom. The van der Waals surface area contributed by atoms with E-state index in [0.29, 0.717) is 23.7 Å². The first kappa shape index (κ1) is 10.7. The minimum Gasteiger partial charge on any atom is -0.507 e. The molecule has 84 valence electrons. The highest BCUT2D eigenvalue weighted by Gasteiger charge is 2.08. The van der Waals surface area contributed by atoms with Crippen LogP contribution in [-0.2, 0) is 6.42 Å². The van der Waals surface area contributed by atoms with Crippen LogP contribution >= 0.6 is 0 Å². The molecular weight excluding hydrogens is 204 g/mol. The minimum absolute atomic E-state index is 0.209. The highest BCUT2D eigenvalue weighted by molar-refractivity contribution is 5.65. The molecule has 4 nitrogen and oxygen atoms in total. The largest absolute Gasteiger partial charge is 0.507 e. The third kappa shape index (κ3) is 2.23. The average molecular weight is 218 g/mol. The summed E-state index contributed by atoms with van der Waals surface area (Å²) in [5.74, 6) is 0.866. The molecule has 0 aliphatic heterocycles. The maximum absolute atomic E-state index is 9.65. The van der Waals surface area contributed by atoms with E-state index in [1.165, 1.54) is 0 Å². The molecule has 0 aliphatic rings. The lowest BCUT2D eigenvalue weighted by atomic mass is 10.1. The summed E-state index contributed by atoms with van der Waals surface area (Å²) in [6.07, 6.45) is 3.13. The number of phenols is 1. The molecule has 0 bridgehead atoms. The molecule has 0 fully saturated rings. The van der Waals surface area contributed by atoms with Gasteiger partial charge in [-0.2, -0.15) is 0 Å². The monoisotopic (exact) mass is 218 g/mol. The maximum Gasteiger partial charge on any atom is 0.194 e. The van der Waals surface area contributed by atoms with E-state index >= 15 is 0 Å². The molecule has 1 heterocycles. The van der Waals surface area contributed by atoms with Gasteiger partial charge in [-0.1, -0.05) is 12.1 Å². The summed E-state index contributed by atoms with van der Waals surface area (Å²) in [6.45, 7) is 0.619. The summed E-state index contributed by atoms with van der Waals surface area (Å²) >= 11 is 0. The zero-order chi connectivity index (χ0) is 11.4. The van der Waals surface area contributed by atoms with Gasteiger partial charge in [0.1, 0.15) is 17.7 Å². The summed E-state index contributed by atoms with van der Waals surface area (Å²) in [5, 5.41) is 9.65. The highest BCUT2D eigenvalue weighted by Crippen LogP contribution is 2.27. The van der Waals surface area contributed by atoms with Crippen LogP contribution in [0.15, 0.2) is 34.9 Å². The van der Waals surface area contributed by atoms with E-state index in [2.05, 4.69) is 4.98 Å². The van der Waals surface area contributed by atoms with Crippen LogP contribution < -0.4 is 5.73 Å². The number of benzene rings is 1. The van der Waals surface area contributed by atoms with Crippen molar-refractivity contribution in [1.29, 1.82) is 0 Å². The Kier molecular flexibility index (Phi) is 3.22. The van der Waals surface area contributed by atoms with Crippen LogP contribution in [0, 0.1) is 0 Å². The Hall–Kier alpha value is -1.81. The standard InChI is InChI=1S/C12H14N2O2/c13-7-3-6-12-14-10(8-16-12)9-4-1-2-5-11(9)15/h1-2,4-5,8,15H,3,6-7,13H2. The summed E-state index contributed by atoms with van der Waals surface area (Å²) in [7, 11) is 0. The van der Waals surface area contributed by atoms with Gasteiger partial charge in [0.25, 0.3) is 0 Å². The fourth-order valence-electron chi connectivity index (χ4n) is 1.49. The molecule has 2 rings (SSSR count). The molecule has 16 heavy (non-hydrogen) atoms. The zero-order valence-electron chi connectivity index (χ0n) is 8.89. The minimum atomic E-state index is 0.209. The lowest BCUT2D eigenvalue weighted by Gasteiger charge is -1.98. The SMILES string of the molecule is NCCCc1nc(-c2ccccc2O)co1. The van der Waals surface area contributed by atoms with Crippen LogP contribution in [0.2, 0.25) is 0 Å². The first-order valence-electron chi connectivity index (χ1n) is 5.24. The van der Waals surface area contributed by atoms with Crippen LogP contribution in [0.1, 0.15) is 12.3 Å². The van der Waals surface area contributed by atoms with Crippen molar-refractivity contribution in [3.8, 4) is 17.0 Å². The quantitative estimate of drug-likeness (QED) is 0.822. The lowest BCUT2D eigenvalue weighted by Crippen LogP contribution is -2.00. The van der Waals surface area contributed by atoms with Crippen molar-refractivity contribution in [1.82, 2.24) is 4.98 Å². The van der Waals surface area contributed by atoms with Crippen LogP contribution in [0.4, 0.5) is 0 Å². The van der Waals surface area contributed by atoms with Crippen molar-refractivity contribution in [2.45, 2.75) is 12.8 Å². The number of phenolic OH excluding ortho intramolecular Hbond substituents is 1. The second-order valence-corrected chi connectivity index (χ2v) is 3.54. The van der Waals surface area contributed by atoms with E-state index in [1.54, 1.807) is 24.5 Å². The second kappa shape index (κ2) is 4.81. The Morgan fingerprint density at radius 2 is 2.12 bits per heavy atom. The first-order chi connectivity index (χ1) is 7.81. The summed E-state index contributed by atoms with van der Waals surface area (Å²) in [6, 6.07) is 7.06. The van der Waals surface area contributed by atoms with E-state index in [-0.39, 0.29) is 5.75 Å². The van der Waals surface area contributed by atoms with Gasteiger partial charge in [-0.15, -0.1) is 0 Å². The Morgan fingerprint density at radius 3 is 2.88 bits per heavy atom. The zero-order valence-corrected chi connectivity index (χ0v) is 8.89. The predicted octanol–water partition coefficient (Wildman–Crippen LogP) is 1.94. The number of nitrogens with zero attached hydrogens (tertiary/aromatic N) is 1. The summed E-state index contributed by atoms with van der Waals surface area (Å²) in [5.41, 5.74) is 6.75. The highest BCUT2D eigenvalue weighted by atomic mass is 16.3. The number of aryl methyl sites for hydroxylation is 1. The lowest BCUT2D eigenvalue weighted by molar-refractivity contribution is 0.476. The van der Waals surface area contributed by atoms with Crippen molar-refractivity contribution < 1.29 is 9.52 Å². The van der Waals surface area contributed by atoms with Gasteiger partial charge >= 0.3 is 0 Å². The van der Waals surface area contributed by atoms with Gasteiger partial charge < -0.3 is 15.3 Å². The predicted molar refractivity (Wildman–Crippen MR) is 61.0 cm³/mol. The maximum atomic E-state index is 9.65. The van der Waals surface area contributed by atoms with Crippen molar-refractivity contribution in [3.05, 3.63) is 36.4 Å². The number of hydrogen-bond acceptors (Lipinski definition) is 4. The molecule has 0 spiro atoms. The normalized spacial score (nSPS) is 10.6. The van der Waals surface area contributed by atoms with Gasteiger partial charge in [-0.3, -0.25) is 0 Å². The number of hydrogen-bond donors (Lipinski definition) is 2. The molecule has 0 atom stereocenters. The van der Waals surface area contributed by atoms with Gasteiger partial charge in [0.05, 0.1) is 0 Å². The molecule has 1 aromatic carbocycles. The fraction of sp³-hybridized carbons (Fsp3) is 0.250.